The lowest BCUT2D eigenvalue weighted by Crippen LogP contribution is -2.24. The minimum absolute atomic E-state index is 0.194. The fourth-order valence-electron chi connectivity index (χ4n) is 2.32. The normalized spacial score (nSPS) is 12.1. The quantitative estimate of drug-likeness (QED) is 0.560. The summed E-state index contributed by atoms with van der Waals surface area (Å²) in [6, 6.07) is 8.26. The first-order valence-electron chi connectivity index (χ1n) is 8.69. The van der Waals surface area contributed by atoms with E-state index in [1.165, 1.54) is 12.1 Å². The molecule has 0 saturated carbocycles. The van der Waals surface area contributed by atoms with Gasteiger partial charge in [0.05, 0.1) is 11.6 Å². The Morgan fingerprint density at radius 2 is 1.69 bits per heavy atom. The van der Waals surface area contributed by atoms with Gasteiger partial charge < -0.3 is 14.8 Å². The summed E-state index contributed by atoms with van der Waals surface area (Å²) in [7, 11) is 0. The lowest BCUT2D eigenvalue weighted by atomic mass is 10.1. The summed E-state index contributed by atoms with van der Waals surface area (Å²) in [5.74, 6) is 0.774. The Hall–Kier alpha value is -1.49. The number of rotatable bonds is 9. The highest BCUT2D eigenvalue weighted by Crippen LogP contribution is 2.34. The Kier molecular flexibility index (Phi) is 8.01. The third kappa shape index (κ3) is 5.76. The highest BCUT2D eigenvalue weighted by Gasteiger charge is 2.13. The Bertz CT molecular complexity index is 740. The second-order valence-electron chi connectivity index (χ2n) is 6.04. The van der Waals surface area contributed by atoms with Gasteiger partial charge in [0.15, 0.2) is 11.5 Å². The summed E-state index contributed by atoms with van der Waals surface area (Å²) in [5, 5.41) is 4.34. The van der Waals surface area contributed by atoms with Crippen molar-refractivity contribution < 1.29 is 13.9 Å². The summed E-state index contributed by atoms with van der Waals surface area (Å²) in [6.07, 6.45) is 1.04. The topological polar surface area (TPSA) is 30.5 Å². The van der Waals surface area contributed by atoms with Gasteiger partial charge in [-0.2, -0.15) is 0 Å². The fourth-order valence-corrected chi connectivity index (χ4v) is 2.76. The highest BCUT2D eigenvalue weighted by molar-refractivity contribution is 6.31. The first kappa shape index (κ1) is 20.8. The van der Waals surface area contributed by atoms with E-state index in [2.05, 4.69) is 19.2 Å². The monoisotopic (exact) mass is 399 g/mol. The van der Waals surface area contributed by atoms with Crippen LogP contribution in [0.1, 0.15) is 38.3 Å². The van der Waals surface area contributed by atoms with Crippen molar-refractivity contribution in [2.75, 3.05) is 6.61 Å². The number of halogens is 3. The van der Waals surface area contributed by atoms with E-state index in [0.717, 1.165) is 12.0 Å². The third-order valence-corrected chi connectivity index (χ3v) is 4.77. The van der Waals surface area contributed by atoms with Crippen LogP contribution in [0, 0.1) is 5.82 Å². The van der Waals surface area contributed by atoms with Gasteiger partial charge in [0.1, 0.15) is 12.4 Å². The molecule has 1 unspecified atom stereocenters. The fraction of sp³-hybridized carbons (Fsp3) is 0.400. The molecule has 2 aromatic rings. The van der Waals surface area contributed by atoms with Gasteiger partial charge in [-0.15, -0.1) is 0 Å². The van der Waals surface area contributed by atoms with E-state index >= 15 is 0 Å². The molecule has 1 atom stereocenters. The van der Waals surface area contributed by atoms with Gasteiger partial charge in [-0.1, -0.05) is 36.2 Å². The Balaban J connectivity index is 2.17. The van der Waals surface area contributed by atoms with E-state index < -0.39 is 0 Å². The Labute approximate surface area is 164 Å². The number of hydrogen-bond acceptors (Lipinski definition) is 3. The van der Waals surface area contributed by atoms with Gasteiger partial charge in [-0.05, 0) is 44.0 Å². The molecule has 0 fully saturated rings. The number of ether oxygens (including phenoxy) is 2. The first-order valence-corrected chi connectivity index (χ1v) is 9.45. The Morgan fingerprint density at radius 1 is 1.00 bits per heavy atom. The lowest BCUT2D eigenvalue weighted by Gasteiger charge is -2.17. The van der Waals surface area contributed by atoms with Crippen molar-refractivity contribution in [1.29, 1.82) is 0 Å². The van der Waals surface area contributed by atoms with E-state index in [0.29, 0.717) is 46.3 Å². The van der Waals surface area contributed by atoms with Gasteiger partial charge >= 0.3 is 0 Å². The molecule has 0 aromatic heterocycles. The SMILES string of the molecule is CCOc1cc(CNC(C)CC)c(Cl)cc1OCc1ccc(F)cc1Cl. The number of hydrogen-bond donors (Lipinski definition) is 1. The van der Waals surface area contributed by atoms with Gasteiger partial charge in [-0.3, -0.25) is 0 Å². The molecule has 2 aromatic carbocycles. The van der Waals surface area contributed by atoms with Crippen molar-refractivity contribution in [3.8, 4) is 11.5 Å². The highest BCUT2D eigenvalue weighted by atomic mass is 35.5. The standard InChI is InChI=1S/C20H24Cl2FNO2/c1-4-13(3)24-11-15-8-19(25-5-2)20(10-18(15)22)26-12-14-6-7-16(23)9-17(14)21/h6-10,13,24H,4-5,11-12H2,1-3H3. The smallest absolute Gasteiger partial charge is 0.163 e. The van der Waals surface area contributed by atoms with Crippen LogP contribution in [0.2, 0.25) is 10.0 Å². The van der Waals surface area contributed by atoms with Crippen LogP contribution in [-0.4, -0.2) is 12.6 Å². The minimum Gasteiger partial charge on any atom is -0.490 e. The van der Waals surface area contributed by atoms with E-state index in [1.54, 1.807) is 12.1 Å². The molecule has 0 spiro atoms. The molecule has 26 heavy (non-hydrogen) atoms. The second-order valence-corrected chi connectivity index (χ2v) is 6.85. The van der Waals surface area contributed by atoms with E-state index in [-0.39, 0.29) is 12.4 Å². The van der Waals surface area contributed by atoms with Gasteiger partial charge in [0.25, 0.3) is 0 Å². The van der Waals surface area contributed by atoms with Crippen LogP contribution >= 0.6 is 23.2 Å². The molecule has 0 saturated heterocycles. The van der Waals surface area contributed by atoms with Crippen LogP contribution < -0.4 is 14.8 Å². The van der Waals surface area contributed by atoms with Crippen molar-refractivity contribution in [2.45, 2.75) is 46.4 Å². The zero-order valence-electron chi connectivity index (χ0n) is 15.2. The van der Waals surface area contributed by atoms with Crippen molar-refractivity contribution in [1.82, 2.24) is 5.32 Å². The van der Waals surface area contributed by atoms with Crippen molar-refractivity contribution >= 4 is 23.2 Å². The maximum atomic E-state index is 13.2. The number of benzene rings is 2. The molecule has 0 bridgehead atoms. The average Bonchev–Trinajstić information content (AvgIpc) is 2.61. The maximum Gasteiger partial charge on any atom is 0.163 e. The molecule has 1 N–H and O–H groups in total. The molecule has 3 nitrogen and oxygen atoms in total. The van der Waals surface area contributed by atoms with Gasteiger partial charge in [-0.25, -0.2) is 4.39 Å². The zero-order chi connectivity index (χ0) is 19.1. The van der Waals surface area contributed by atoms with Crippen LogP contribution in [0.5, 0.6) is 11.5 Å². The molecular weight excluding hydrogens is 376 g/mol. The summed E-state index contributed by atoms with van der Waals surface area (Å²) >= 11 is 12.5. The average molecular weight is 400 g/mol. The summed E-state index contributed by atoms with van der Waals surface area (Å²) < 4.78 is 24.7. The summed E-state index contributed by atoms with van der Waals surface area (Å²) in [6.45, 7) is 7.52. The molecule has 0 aliphatic heterocycles. The van der Waals surface area contributed by atoms with Crippen molar-refractivity contribution in [3.63, 3.8) is 0 Å². The van der Waals surface area contributed by atoms with Crippen LogP contribution in [0.15, 0.2) is 30.3 Å². The second kappa shape index (κ2) is 10.0. The summed E-state index contributed by atoms with van der Waals surface area (Å²) in [5.41, 5.74) is 1.64. The van der Waals surface area contributed by atoms with E-state index in [9.17, 15) is 4.39 Å². The van der Waals surface area contributed by atoms with Gasteiger partial charge in [0.2, 0.25) is 0 Å². The maximum absolute atomic E-state index is 13.2. The Morgan fingerprint density at radius 3 is 2.35 bits per heavy atom. The molecule has 0 amide bonds. The molecule has 0 radical (unpaired) electrons. The first-order chi connectivity index (χ1) is 12.4. The largest absolute Gasteiger partial charge is 0.490 e. The zero-order valence-corrected chi connectivity index (χ0v) is 16.8. The van der Waals surface area contributed by atoms with Crippen LogP contribution in [0.3, 0.4) is 0 Å². The van der Waals surface area contributed by atoms with Crippen LogP contribution in [0.25, 0.3) is 0 Å². The van der Waals surface area contributed by atoms with E-state index in [1.807, 2.05) is 13.0 Å². The minimum atomic E-state index is -0.380. The predicted octanol–water partition coefficient (Wildman–Crippen LogP) is 6.00. The molecule has 0 heterocycles. The molecule has 0 aliphatic carbocycles. The molecule has 0 aliphatic rings. The van der Waals surface area contributed by atoms with Crippen molar-refractivity contribution in [2.24, 2.45) is 0 Å². The predicted molar refractivity (Wildman–Crippen MR) is 105 cm³/mol. The molecular formula is C20H24Cl2FNO2. The number of nitrogens with one attached hydrogen (secondary N) is 1. The molecule has 142 valence electrons. The van der Waals surface area contributed by atoms with Crippen LogP contribution in [0.4, 0.5) is 4.39 Å². The molecule has 2 rings (SSSR count). The third-order valence-electron chi connectivity index (χ3n) is 4.06. The van der Waals surface area contributed by atoms with Crippen LogP contribution in [-0.2, 0) is 13.2 Å². The van der Waals surface area contributed by atoms with Gasteiger partial charge in [0, 0.05) is 29.2 Å². The summed E-state index contributed by atoms with van der Waals surface area (Å²) in [4.78, 5) is 0. The lowest BCUT2D eigenvalue weighted by molar-refractivity contribution is 0.269. The molecule has 6 heteroatoms. The van der Waals surface area contributed by atoms with Crippen molar-refractivity contribution in [3.05, 3.63) is 57.3 Å². The van der Waals surface area contributed by atoms with E-state index in [4.69, 9.17) is 32.7 Å².